The third-order valence-corrected chi connectivity index (χ3v) is 16.5. The maximum absolute atomic E-state index is 12.1. The Bertz CT molecular complexity index is 608. The van der Waals surface area contributed by atoms with Crippen molar-refractivity contribution in [3.8, 4) is 0 Å². The van der Waals surface area contributed by atoms with E-state index in [4.69, 9.17) is 0 Å². The molecule has 4 heteroatoms. The first kappa shape index (κ1) is 21.2. The molecule has 2 aliphatic rings. The summed E-state index contributed by atoms with van der Waals surface area (Å²) in [6, 6.07) is 8.78. The minimum absolute atomic E-state index is 0.199. The topological polar surface area (TPSA) is 32.3 Å². The normalized spacial score (nSPS) is 25.7. The monoisotopic (exact) mass is 523 g/mol. The minimum atomic E-state index is -1.58. The van der Waals surface area contributed by atoms with E-state index in [0.717, 1.165) is 17.3 Å². The van der Waals surface area contributed by atoms with E-state index in [-0.39, 0.29) is 10.8 Å². The number of nitrogens with one attached hydrogen (secondary N) is 1. The Morgan fingerprint density at radius 2 is 1.69 bits per heavy atom. The Balaban J connectivity index is 1.95. The van der Waals surface area contributed by atoms with Gasteiger partial charge in [-0.15, -0.1) is 0 Å². The van der Waals surface area contributed by atoms with Gasteiger partial charge in [0.05, 0.1) is 0 Å². The van der Waals surface area contributed by atoms with Gasteiger partial charge in [0.25, 0.3) is 0 Å². The molecule has 1 heterocycles. The second kappa shape index (κ2) is 8.08. The van der Waals surface area contributed by atoms with Crippen LogP contribution < -0.4 is 5.32 Å². The van der Waals surface area contributed by atoms with E-state index in [1.165, 1.54) is 37.6 Å². The number of aliphatic hydroxyl groups is 1. The predicted molar refractivity (Wildman–Crippen MR) is 116 cm³/mol. The molecule has 26 heavy (non-hydrogen) atoms. The van der Waals surface area contributed by atoms with Crippen molar-refractivity contribution in [2.24, 2.45) is 10.8 Å². The van der Waals surface area contributed by atoms with Gasteiger partial charge in [-0.3, -0.25) is 0 Å². The fraction of sp³-hybridized carbons (Fsp3) is 0.727. The summed E-state index contributed by atoms with van der Waals surface area (Å²) >= 11 is 2.08. The maximum atomic E-state index is 12.1. The van der Waals surface area contributed by atoms with Crippen LogP contribution in [0.5, 0.6) is 0 Å². The van der Waals surface area contributed by atoms with Crippen LogP contribution in [-0.4, -0.2) is 45.2 Å². The Labute approximate surface area is 176 Å². The molecule has 1 atom stereocenters. The van der Waals surface area contributed by atoms with Gasteiger partial charge in [0.1, 0.15) is 0 Å². The molecule has 0 amide bonds. The average molecular weight is 524 g/mol. The molecule has 1 saturated heterocycles. The van der Waals surface area contributed by atoms with E-state index in [9.17, 15) is 5.11 Å². The Kier molecular flexibility index (Phi) is 6.59. The summed E-state index contributed by atoms with van der Waals surface area (Å²) in [5, 5.41) is 15.6. The molecule has 2 fully saturated rings. The quantitative estimate of drug-likeness (QED) is 0.538. The van der Waals surface area contributed by atoms with Crippen LogP contribution >= 0.6 is 15.9 Å². The van der Waals surface area contributed by atoms with Crippen LogP contribution in [-0.2, 0) is 0 Å². The molecule has 1 aliphatic heterocycles. The van der Waals surface area contributed by atoms with Gasteiger partial charge in [0, 0.05) is 0 Å². The van der Waals surface area contributed by atoms with Gasteiger partial charge >= 0.3 is 177 Å². The number of hydrogen-bond acceptors (Lipinski definition) is 2. The molecule has 0 spiro atoms. The zero-order valence-electron chi connectivity index (χ0n) is 16.9. The molecule has 0 aromatic heterocycles. The third kappa shape index (κ3) is 5.30. The van der Waals surface area contributed by atoms with Crippen molar-refractivity contribution < 1.29 is 5.11 Å². The summed E-state index contributed by atoms with van der Waals surface area (Å²) in [5.41, 5.74) is 1.17. The van der Waals surface area contributed by atoms with E-state index in [2.05, 4.69) is 73.2 Å². The molecule has 1 unspecified atom stereocenters. The summed E-state index contributed by atoms with van der Waals surface area (Å²) in [7, 11) is 0. The number of hydrogen-bond donors (Lipinski definition) is 2. The number of halogens is 1. The van der Waals surface area contributed by atoms with Crippen LogP contribution in [0.25, 0.3) is 0 Å². The predicted octanol–water partition coefficient (Wildman–Crippen LogP) is 5.60. The second-order valence-electron chi connectivity index (χ2n) is 10.5. The van der Waals surface area contributed by atoms with Crippen LogP contribution in [0.2, 0.25) is 12.5 Å². The Morgan fingerprint density at radius 1 is 1.08 bits per heavy atom. The fourth-order valence-corrected chi connectivity index (χ4v) is 16.2. The van der Waals surface area contributed by atoms with E-state index < -0.39 is 27.0 Å². The van der Waals surface area contributed by atoms with Crippen LogP contribution in [0, 0.1) is 10.8 Å². The van der Waals surface area contributed by atoms with Crippen LogP contribution in [0.15, 0.2) is 28.7 Å². The third-order valence-electron chi connectivity index (χ3n) is 6.45. The van der Waals surface area contributed by atoms with Gasteiger partial charge < -0.3 is 0 Å². The van der Waals surface area contributed by atoms with Gasteiger partial charge in [0.15, 0.2) is 0 Å². The van der Waals surface area contributed by atoms with Crippen molar-refractivity contribution in [3.05, 3.63) is 34.3 Å². The first-order chi connectivity index (χ1) is 12.1. The molecule has 1 aromatic rings. The van der Waals surface area contributed by atoms with Gasteiger partial charge in [0.2, 0.25) is 0 Å². The zero-order valence-corrected chi connectivity index (χ0v) is 21.8. The number of benzene rings is 1. The van der Waals surface area contributed by atoms with E-state index in [0.29, 0.717) is 5.92 Å². The van der Waals surface area contributed by atoms with Crippen molar-refractivity contribution in [2.75, 3.05) is 13.1 Å². The molecule has 3 rings (SSSR count). The Morgan fingerprint density at radius 3 is 2.27 bits per heavy atom. The van der Waals surface area contributed by atoms with Crippen molar-refractivity contribution in [1.29, 1.82) is 0 Å². The van der Waals surface area contributed by atoms with Gasteiger partial charge in [-0.2, -0.15) is 0 Å². The second-order valence-corrected chi connectivity index (χ2v) is 21.0. The van der Waals surface area contributed by atoms with Gasteiger partial charge in [-0.25, -0.2) is 0 Å². The molecule has 0 bridgehead atoms. The summed E-state index contributed by atoms with van der Waals surface area (Å²) in [6.45, 7) is 11.8. The van der Waals surface area contributed by atoms with Crippen molar-refractivity contribution in [3.63, 3.8) is 0 Å². The molecule has 144 valence electrons. The summed E-state index contributed by atoms with van der Waals surface area (Å²) in [4.78, 5) is 0. The van der Waals surface area contributed by atoms with Crippen molar-refractivity contribution in [2.45, 2.75) is 71.0 Å². The first-order valence-corrected chi connectivity index (χ1v) is 18.1. The first-order valence-electron chi connectivity index (χ1n) is 10.3. The SMILES string of the molecule is CC1(C)CC(C)(C)CC(O)(C([CH2][In]2[CH2]CNC[CH2]2)c2cccc(Br)c2)C1. The van der Waals surface area contributed by atoms with Crippen LogP contribution in [0.1, 0.15) is 58.4 Å². The summed E-state index contributed by atoms with van der Waals surface area (Å²) in [5.74, 6) is 0.303. The van der Waals surface area contributed by atoms with E-state index >= 15 is 0 Å². The molecule has 1 aliphatic carbocycles. The van der Waals surface area contributed by atoms with E-state index in [1.54, 1.807) is 0 Å². The summed E-state index contributed by atoms with van der Waals surface area (Å²) in [6.07, 6.45) is 3.05. The zero-order chi connectivity index (χ0) is 19.0. The molecule has 2 nitrogen and oxygen atoms in total. The van der Waals surface area contributed by atoms with E-state index in [1.807, 2.05) is 0 Å². The van der Waals surface area contributed by atoms with Crippen LogP contribution in [0.4, 0.5) is 0 Å². The Hall–Kier alpha value is 0.490. The van der Waals surface area contributed by atoms with Crippen molar-refractivity contribution in [1.82, 2.24) is 5.32 Å². The summed E-state index contributed by atoms with van der Waals surface area (Å²) < 4.78 is 5.32. The molecule has 1 aromatic carbocycles. The fourth-order valence-electron chi connectivity index (χ4n) is 6.23. The van der Waals surface area contributed by atoms with Gasteiger partial charge in [-0.05, 0) is 0 Å². The molecule has 1 saturated carbocycles. The molecular formula is C22H35BrInNO. The van der Waals surface area contributed by atoms with Crippen LogP contribution in [0.3, 0.4) is 0 Å². The van der Waals surface area contributed by atoms with Gasteiger partial charge in [-0.1, -0.05) is 0 Å². The standard InChI is InChI=1S/C18H26BrO.C4H9N.In/c1-13(14-7-6-8-15(19)9-14)18(20)11-16(2,3)10-17(4,5)12-18;1-3-5-4-2;/h6-9,13,20H,1,10-12H2,2-5H3;5H,1-4H2;. The number of rotatable bonds is 4. The molecular weight excluding hydrogens is 489 g/mol. The molecule has 2 N–H and O–H groups in total. The molecule has 0 radical (unpaired) electrons. The van der Waals surface area contributed by atoms with Crippen molar-refractivity contribution >= 4 is 37.4 Å². The average Bonchev–Trinajstić information content (AvgIpc) is 2.50.